The minimum atomic E-state index is -4.55. The van der Waals surface area contributed by atoms with Gasteiger partial charge in [-0.2, -0.15) is 13.2 Å². The van der Waals surface area contributed by atoms with Crippen molar-refractivity contribution in [2.45, 2.75) is 6.18 Å². The van der Waals surface area contributed by atoms with Crippen molar-refractivity contribution in [1.82, 2.24) is 0 Å². The van der Waals surface area contributed by atoms with Gasteiger partial charge in [0.15, 0.2) is 6.61 Å². The molecule has 3 N–H and O–H groups in total. The first kappa shape index (κ1) is 17.5. The molecule has 1 aromatic rings. The highest BCUT2D eigenvalue weighted by atomic mass is 35.5. The first-order valence-corrected chi connectivity index (χ1v) is 4.81. The van der Waals surface area contributed by atoms with Gasteiger partial charge in [-0.15, -0.1) is 12.4 Å². The zero-order chi connectivity index (χ0) is 13.8. The lowest BCUT2D eigenvalue weighted by atomic mass is 10.2. The predicted octanol–water partition coefficient (Wildman–Crippen LogP) is 2.09. The van der Waals surface area contributed by atoms with Crippen molar-refractivity contribution in [3.05, 3.63) is 24.0 Å². The second-order valence-corrected chi connectivity index (χ2v) is 3.30. The van der Waals surface area contributed by atoms with Crippen molar-refractivity contribution in [1.29, 1.82) is 0 Å². The SMILES string of the molecule is Cl.NCC(=O)Nc1ccc(F)cc1OCC(F)(F)F. The Kier molecular flexibility index (Phi) is 6.57. The number of hydrogen-bond acceptors (Lipinski definition) is 3. The van der Waals surface area contributed by atoms with Crippen molar-refractivity contribution >= 4 is 24.0 Å². The second-order valence-electron chi connectivity index (χ2n) is 3.30. The van der Waals surface area contributed by atoms with Gasteiger partial charge in [-0.25, -0.2) is 4.39 Å². The fraction of sp³-hybridized carbons (Fsp3) is 0.300. The van der Waals surface area contributed by atoms with Crippen molar-refractivity contribution in [3.63, 3.8) is 0 Å². The van der Waals surface area contributed by atoms with Crippen molar-refractivity contribution in [3.8, 4) is 5.75 Å². The van der Waals surface area contributed by atoms with Crippen LogP contribution in [0.2, 0.25) is 0 Å². The van der Waals surface area contributed by atoms with Crippen LogP contribution in [0.1, 0.15) is 0 Å². The molecule has 0 unspecified atom stereocenters. The molecular formula is C10H11ClF4N2O2. The van der Waals surface area contributed by atoms with Crippen LogP contribution >= 0.6 is 12.4 Å². The van der Waals surface area contributed by atoms with Gasteiger partial charge in [0.25, 0.3) is 0 Å². The van der Waals surface area contributed by atoms with E-state index in [1.165, 1.54) is 0 Å². The van der Waals surface area contributed by atoms with E-state index in [0.717, 1.165) is 18.2 Å². The number of carbonyl (C=O) groups excluding carboxylic acids is 1. The summed E-state index contributed by atoms with van der Waals surface area (Å²) in [5, 5.41) is 2.20. The van der Waals surface area contributed by atoms with E-state index in [2.05, 4.69) is 10.1 Å². The number of nitrogens with one attached hydrogen (secondary N) is 1. The van der Waals surface area contributed by atoms with Crippen molar-refractivity contribution < 1.29 is 27.1 Å². The quantitative estimate of drug-likeness (QED) is 0.837. The smallest absolute Gasteiger partial charge is 0.422 e. The Morgan fingerprint density at radius 1 is 1.37 bits per heavy atom. The third-order valence-electron chi connectivity index (χ3n) is 1.79. The Morgan fingerprint density at radius 3 is 2.53 bits per heavy atom. The largest absolute Gasteiger partial charge is 0.482 e. The normalized spacial score (nSPS) is 10.6. The summed E-state index contributed by atoms with van der Waals surface area (Å²) in [6.07, 6.45) is -4.55. The number of alkyl halides is 3. The summed E-state index contributed by atoms with van der Waals surface area (Å²) in [5.41, 5.74) is 4.96. The molecule has 0 bridgehead atoms. The van der Waals surface area contributed by atoms with Crippen LogP contribution in [0.15, 0.2) is 18.2 Å². The first-order chi connectivity index (χ1) is 8.31. The van der Waals surface area contributed by atoms with Crippen LogP contribution in [-0.4, -0.2) is 25.2 Å². The van der Waals surface area contributed by atoms with Gasteiger partial charge >= 0.3 is 6.18 Å². The minimum Gasteiger partial charge on any atom is -0.482 e. The van der Waals surface area contributed by atoms with Crippen LogP contribution in [0.5, 0.6) is 5.75 Å². The maximum Gasteiger partial charge on any atom is 0.422 e. The molecule has 0 aliphatic heterocycles. The van der Waals surface area contributed by atoms with Gasteiger partial charge < -0.3 is 15.8 Å². The molecule has 1 amide bonds. The van der Waals surface area contributed by atoms with E-state index in [1.54, 1.807) is 0 Å². The summed E-state index contributed by atoms with van der Waals surface area (Å²) in [4.78, 5) is 11.0. The molecule has 0 radical (unpaired) electrons. The lowest BCUT2D eigenvalue weighted by Gasteiger charge is -2.13. The number of halogens is 5. The molecule has 1 aromatic carbocycles. The van der Waals surface area contributed by atoms with E-state index in [9.17, 15) is 22.4 Å². The molecule has 0 atom stereocenters. The average Bonchev–Trinajstić information content (AvgIpc) is 2.28. The van der Waals surface area contributed by atoms with E-state index in [0.29, 0.717) is 0 Å². The van der Waals surface area contributed by atoms with Crippen LogP contribution in [0.25, 0.3) is 0 Å². The Balaban J connectivity index is 0.00000324. The third kappa shape index (κ3) is 6.25. The number of benzene rings is 1. The summed E-state index contributed by atoms with van der Waals surface area (Å²) in [6.45, 7) is -1.93. The number of amides is 1. The summed E-state index contributed by atoms with van der Waals surface area (Å²) in [5.74, 6) is -1.81. The zero-order valence-corrected chi connectivity index (χ0v) is 10.3. The van der Waals surface area contributed by atoms with Crippen LogP contribution in [0.3, 0.4) is 0 Å². The van der Waals surface area contributed by atoms with Gasteiger partial charge in [0.05, 0.1) is 12.2 Å². The summed E-state index contributed by atoms with van der Waals surface area (Å²) in [7, 11) is 0. The summed E-state index contributed by atoms with van der Waals surface area (Å²) >= 11 is 0. The summed E-state index contributed by atoms with van der Waals surface area (Å²) in [6, 6.07) is 2.82. The van der Waals surface area contributed by atoms with Gasteiger partial charge in [0.1, 0.15) is 11.6 Å². The zero-order valence-electron chi connectivity index (χ0n) is 9.46. The van der Waals surface area contributed by atoms with Crippen LogP contribution in [-0.2, 0) is 4.79 Å². The molecular weight excluding hydrogens is 292 g/mol. The Morgan fingerprint density at radius 2 is 2.00 bits per heavy atom. The van der Waals surface area contributed by atoms with Gasteiger partial charge in [0.2, 0.25) is 5.91 Å². The molecule has 9 heteroatoms. The van der Waals surface area contributed by atoms with E-state index < -0.39 is 30.3 Å². The van der Waals surface area contributed by atoms with Gasteiger partial charge in [-0.05, 0) is 12.1 Å². The highest BCUT2D eigenvalue weighted by molar-refractivity contribution is 5.93. The minimum absolute atomic E-state index is 0. The number of nitrogens with two attached hydrogens (primary N) is 1. The molecule has 108 valence electrons. The fourth-order valence-corrected chi connectivity index (χ4v) is 1.08. The van der Waals surface area contributed by atoms with Gasteiger partial charge in [-0.1, -0.05) is 0 Å². The van der Waals surface area contributed by atoms with E-state index >= 15 is 0 Å². The highest BCUT2D eigenvalue weighted by Crippen LogP contribution is 2.27. The van der Waals surface area contributed by atoms with E-state index in [4.69, 9.17) is 5.73 Å². The highest BCUT2D eigenvalue weighted by Gasteiger charge is 2.29. The molecule has 0 heterocycles. The van der Waals surface area contributed by atoms with E-state index in [-0.39, 0.29) is 24.6 Å². The maximum atomic E-state index is 12.9. The number of hydrogen-bond donors (Lipinski definition) is 2. The molecule has 0 saturated heterocycles. The number of carbonyl (C=O) groups is 1. The van der Waals surface area contributed by atoms with Gasteiger partial charge in [0, 0.05) is 6.07 Å². The molecule has 0 aliphatic carbocycles. The van der Waals surface area contributed by atoms with Gasteiger partial charge in [-0.3, -0.25) is 4.79 Å². The van der Waals surface area contributed by atoms with Crippen LogP contribution < -0.4 is 15.8 Å². The summed E-state index contributed by atoms with van der Waals surface area (Å²) < 4.78 is 53.2. The second kappa shape index (κ2) is 7.15. The third-order valence-corrected chi connectivity index (χ3v) is 1.79. The Bertz CT molecular complexity index is 440. The molecule has 0 saturated carbocycles. The topological polar surface area (TPSA) is 64.4 Å². The van der Waals surface area contributed by atoms with E-state index in [1.807, 2.05) is 0 Å². The number of ether oxygens (including phenoxy) is 1. The Labute approximate surface area is 112 Å². The predicted molar refractivity (Wildman–Crippen MR) is 62.9 cm³/mol. The molecule has 1 rings (SSSR count). The molecule has 0 fully saturated rings. The van der Waals surface area contributed by atoms with Crippen LogP contribution in [0, 0.1) is 5.82 Å². The standard InChI is InChI=1S/C10H10F4N2O2.ClH/c11-6-1-2-7(16-9(17)4-15)8(3-6)18-5-10(12,13)14;/h1-3H,4-5,15H2,(H,16,17);1H. The molecule has 0 aliphatic rings. The lowest BCUT2D eigenvalue weighted by Crippen LogP contribution is -2.23. The maximum absolute atomic E-state index is 12.9. The number of rotatable bonds is 4. The Hall–Kier alpha value is -1.54. The first-order valence-electron chi connectivity index (χ1n) is 4.81. The van der Waals surface area contributed by atoms with Crippen molar-refractivity contribution in [2.75, 3.05) is 18.5 Å². The lowest BCUT2D eigenvalue weighted by molar-refractivity contribution is -0.153. The monoisotopic (exact) mass is 302 g/mol. The molecule has 0 aromatic heterocycles. The molecule has 0 spiro atoms. The van der Waals surface area contributed by atoms with Crippen LogP contribution in [0.4, 0.5) is 23.2 Å². The molecule has 4 nitrogen and oxygen atoms in total. The molecule has 19 heavy (non-hydrogen) atoms. The fourth-order valence-electron chi connectivity index (χ4n) is 1.08. The van der Waals surface area contributed by atoms with Crippen molar-refractivity contribution in [2.24, 2.45) is 5.73 Å². The number of anilines is 1. The average molecular weight is 303 g/mol.